The Kier molecular flexibility index (Phi) is 13.1. The number of fused-ring (bicyclic) bond motifs is 3. The average molecular weight is 839 g/mol. The molecule has 0 radical (unpaired) electrons. The zero-order chi connectivity index (χ0) is 40.9. The summed E-state index contributed by atoms with van der Waals surface area (Å²) >= 11 is 0. The minimum atomic E-state index is -4.76. The second-order valence-electron chi connectivity index (χ2n) is 14.3. The van der Waals surface area contributed by atoms with Crippen molar-refractivity contribution in [3.05, 3.63) is 42.5 Å². The monoisotopic (exact) mass is 838 g/mol. The zero-order valence-corrected chi connectivity index (χ0v) is 30.6. The Morgan fingerprint density at radius 2 is 1.12 bits per heavy atom. The number of rotatable bonds is 12. The second-order valence-corrected chi connectivity index (χ2v) is 15.8. The Hall–Kier alpha value is -2.15. The molecule has 11 N–H and O–H groups in total. The quantitative estimate of drug-likeness (QED) is 0.0886. The van der Waals surface area contributed by atoms with E-state index in [9.17, 15) is 64.6 Å². The van der Waals surface area contributed by atoms with Gasteiger partial charge in [-0.3, -0.25) is 4.18 Å². The molecule has 23 heteroatoms. The van der Waals surface area contributed by atoms with E-state index in [0.717, 1.165) is 0 Å². The van der Waals surface area contributed by atoms with E-state index in [0.29, 0.717) is 5.39 Å². The normalized spacial score (nSPS) is 45.3. The maximum Gasteiger partial charge on any atom is 0.298 e. The van der Waals surface area contributed by atoms with Crippen LogP contribution in [0.4, 0.5) is 0 Å². The molecule has 2 aromatic rings. The van der Waals surface area contributed by atoms with E-state index in [1.807, 2.05) is 0 Å². The van der Waals surface area contributed by atoms with Crippen molar-refractivity contribution in [3.8, 4) is 0 Å². The van der Waals surface area contributed by atoms with Crippen molar-refractivity contribution in [1.82, 2.24) is 0 Å². The van der Waals surface area contributed by atoms with Crippen LogP contribution in [0.25, 0.3) is 10.8 Å². The lowest BCUT2D eigenvalue weighted by atomic mass is 9.96. The van der Waals surface area contributed by atoms with Crippen LogP contribution in [0.1, 0.15) is 0 Å². The fraction of sp³-hybridized carbons (Fsp3) is 0.706. The smallest absolute Gasteiger partial charge is 0.298 e. The van der Waals surface area contributed by atoms with Gasteiger partial charge >= 0.3 is 0 Å². The second kappa shape index (κ2) is 17.4. The van der Waals surface area contributed by atoms with Crippen molar-refractivity contribution >= 4 is 20.9 Å². The third kappa shape index (κ3) is 8.20. The molecule has 2 aromatic carbocycles. The lowest BCUT2D eigenvalue weighted by Gasteiger charge is -2.48. The molecule has 320 valence electrons. The average Bonchev–Trinajstić information content (AvgIpc) is 3.50. The summed E-state index contributed by atoms with van der Waals surface area (Å²) in [6.45, 7) is -2.79. The lowest BCUT2D eigenvalue weighted by Crippen LogP contribution is -2.66. The van der Waals surface area contributed by atoms with Gasteiger partial charge in [0.25, 0.3) is 10.1 Å². The number of hydrogen-bond donors (Lipinski definition) is 11. The van der Waals surface area contributed by atoms with Crippen LogP contribution < -0.4 is 0 Å². The Morgan fingerprint density at radius 1 is 0.561 bits per heavy atom. The van der Waals surface area contributed by atoms with Crippen molar-refractivity contribution < 1.29 is 107 Å². The van der Waals surface area contributed by atoms with E-state index in [1.165, 1.54) is 12.1 Å². The van der Waals surface area contributed by atoms with Gasteiger partial charge in [0, 0.05) is 5.39 Å². The van der Waals surface area contributed by atoms with Crippen LogP contribution in [-0.2, 0) is 52.2 Å². The third-order valence-electron chi connectivity index (χ3n) is 10.7. The first kappa shape index (κ1) is 43.0. The first-order chi connectivity index (χ1) is 27.2. The Labute approximate surface area is 323 Å². The first-order valence-corrected chi connectivity index (χ1v) is 19.5. The minimum Gasteiger partial charge on any atom is -0.394 e. The van der Waals surface area contributed by atoms with Gasteiger partial charge in [-0.25, -0.2) is 0 Å². The molecule has 5 aliphatic rings. The predicted molar refractivity (Wildman–Crippen MR) is 181 cm³/mol. The highest BCUT2D eigenvalue weighted by molar-refractivity contribution is 7.87. The van der Waals surface area contributed by atoms with E-state index >= 15 is 0 Å². The third-order valence-corrected chi connectivity index (χ3v) is 12.1. The van der Waals surface area contributed by atoms with E-state index in [1.54, 1.807) is 30.3 Å². The van der Waals surface area contributed by atoms with Gasteiger partial charge in [-0.15, -0.1) is 0 Å². The minimum absolute atomic E-state index is 0.261. The summed E-state index contributed by atoms with van der Waals surface area (Å²) in [6, 6.07) is 11.0. The van der Waals surface area contributed by atoms with Crippen molar-refractivity contribution in [2.24, 2.45) is 0 Å². The predicted octanol–water partition coefficient (Wildman–Crippen LogP) is -6.14. The summed E-state index contributed by atoms with van der Waals surface area (Å²) in [5, 5.41) is 115. The summed E-state index contributed by atoms with van der Waals surface area (Å²) < 4.78 is 79.8. The van der Waals surface area contributed by atoms with Gasteiger partial charge < -0.3 is 94.1 Å². The summed E-state index contributed by atoms with van der Waals surface area (Å²) in [5.41, 5.74) is 0. The van der Waals surface area contributed by atoms with Crippen LogP contribution in [0.15, 0.2) is 47.4 Å². The molecule has 22 nitrogen and oxygen atoms in total. The van der Waals surface area contributed by atoms with Crippen LogP contribution in [0.5, 0.6) is 0 Å². The molecule has 0 saturated carbocycles. The Morgan fingerprint density at radius 3 is 1.81 bits per heavy atom. The summed E-state index contributed by atoms with van der Waals surface area (Å²) in [6.07, 6.45) is -33.8. The molecule has 7 rings (SSSR count). The van der Waals surface area contributed by atoms with E-state index in [-0.39, 0.29) is 16.9 Å². The highest BCUT2D eigenvalue weighted by Gasteiger charge is 2.59. The fourth-order valence-corrected chi connectivity index (χ4v) is 8.91. The van der Waals surface area contributed by atoms with Crippen LogP contribution in [0, 0.1) is 0 Å². The zero-order valence-electron chi connectivity index (χ0n) is 29.7. The van der Waals surface area contributed by atoms with Crippen LogP contribution in [-0.4, -0.2) is 214 Å². The molecule has 5 fully saturated rings. The molecule has 0 spiro atoms. The van der Waals surface area contributed by atoms with Crippen molar-refractivity contribution in [2.75, 3.05) is 26.4 Å². The van der Waals surface area contributed by atoms with Crippen LogP contribution in [0.2, 0.25) is 0 Å². The molecule has 0 aliphatic carbocycles. The summed E-state index contributed by atoms with van der Waals surface area (Å²) in [5.74, 6) is 0. The van der Waals surface area contributed by atoms with E-state index in [4.69, 9.17) is 42.1 Å². The van der Waals surface area contributed by atoms with Crippen LogP contribution >= 0.6 is 0 Å². The lowest BCUT2D eigenvalue weighted by molar-refractivity contribution is -0.376. The molecule has 1 unspecified atom stereocenters. The topological polar surface area (TPSA) is 340 Å². The molecule has 5 saturated heterocycles. The summed E-state index contributed by atoms with van der Waals surface area (Å²) in [7, 11) is -4.76. The van der Waals surface area contributed by atoms with Gasteiger partial charge in [0.1, 0.15) is 96.5 Å². The largest absolute Gasteiger partial charge is 0.394 e. The molecule has 5 aliphatic heterocycles. The van der Waals surface area contributed by atoms with Gasteiger partial charge in [0.2, 0.25) is 0 Å². The Balaban J connectivity index is 1.16. The van der Waals surface area contributed by atoms with Crippen LogP contribution in [0.3, 0.4) is 0 Å². The van der Waals surface area contributed by atoms with Gasteiger partial charge in [-0.05, 0) is 11.5 Å². The Bertz CT molecular complexity index is 1760. The molecular formula is C34H46O22S. The number of benzene rings is 2. The SMILES string of the molecule is O=S(=O)(O[C@H]1[C@@H](O[C@H]2[C@H](O)[C@@H](O)[C@@H](O[C@H]3[C@H](O)[C@@H](O)C(O)O[C@@H]3CO)O[C@@H]2CO)O[C@@H]2CO[C@H]1[C@@H]2O[C@H]1O[C@H](CO)[C@@H](O)[C@H](O)[C@H]1O)c1cccc2ccccc12. The van der Waals surface area contributed by atoms with E-state index in [2.05, 4.69) is 0 Å². The van der Waals surface area contributed by atoms with E-state index < -0.39 is 153 Å². The number of hydrogen-bond acceptors (Lipinski definition) is 22. The van der Waals surface area contributed by atoms with Gasteiger partial charge in [0.05, 0.1) is 26.4 Å². The molecule has 5 heterocycles. The highest BCUT2D eigenvalue weighted by atomic mass is 32.2. The summed E-state index contributed by atoms with van der Waals surface area (Å²) in [4.78, 5) is -0.261. The van der Waals surface area contributed by atoms with Gasteiger partial charge in [0.15, 0.2) is 31.3 Å². The maximum absolute atomic E-state index is 14.1. The number of aliphatic hydroxyl groups is 11. The maximum atomic E-state index is 14.1. The molecule has 2 bridgehead atoms. The van der Waals surface area contributed by atoms with Gasteiger partial charge in [-0.2, -0.15) is 8.42 Å². The molecule has 0 amide bonds. The first-order valence-electron chi connectivity index (χ1n) is 18.1. The number of ether oxygens (including phenoxy) is 8. The molecular weight excluding hydrogens is 792 g/mol. The highest BCUT2D eigenvalue weighted by Crippen LogP contribution is 2.40. The van der Waals surface area contributed by atoms with Crippen molar-refractivity contribution in [1.29, 1.82) is 0 Å². The standard InChI is InChI=1S/C34H46O22S/c35-8-14-19(38)20(39)24(43)32(50-14)55-28-17-11-48-29(28)30(56-57(46,47)18-7-3-5-12-4-1-2-6-13(12)18)34(52-17)54-27-16(10-37)51-33(25(44)22(27)41)53-26-15(9-36)49-31(45)23(42)21(26)40/h1-7,14-17,19-45H,8-11H2/t14-,15-,16-,17-,19-,20+,21-,22-,23-,24-,25-,26-,27-,28-,29+,30-,31?,32-,33-,34-/m1/s1. The fourth-order valence-electron chi connectivity index (χ4n) is 7.61. The van der Waals surface area contributed by atoms with Crippen molar-refractivity contribution in [2.45, 2.75) is 128 Å². The molecule has 20 atom stereocenters. The molecule has 57 heavy (non-hydrogen) atoms. The molecule has 0 aromatic heterocycles. The van der Waals surface area contributed by atoms with Crippen molar-refractivity contribution in [3.63, 3.8) is 0 Å². The van der Waals surface area contributed by atoms with Gasteiger partial charge in [-0.1, -0.05) is 36.4 Å². The number of aliphatic hydroxyl groups excluding tert-OH is 11.